The van der Waals surface area contributed by atoms with Crippen LogP contribution in [0, 0.1) is 5.92 Å². The summed E-state index contributed by atoms with van der Waals surface area (Å²) in [6, 6.07) is 11.9. The van der Waals surface area contributed by atoms with Crippen LogP contribution in [0.15, 0.2) is 42.5 Å². The van der Waals surface area contributed by atoms with Gasteiger partial charge >= 0.3 is 0 Å². The highest BCUT2D eigenvalue weighted by atomic mass is 35.5. The van der Waals surface area contributed by atoms with Crippen LogP contribution in [0.5, 0.6) is 11.5 Å². The standard InChI is InChI=1S/C27H34ClN3O5/c1-18(2)22-17-36-24-11-10-20(28)15-21(24)27(34)29-12-6-7-13-31(16-25(32)30-22)26(33)14-19-8-4-5-9-23(19)35-3/h4-5,8-11,15,18,22H,6-7,12-14,16-17H2,1-3H3,(H,29,34)(H,30,32)/t22-/m1/s1. The molecule has 0 radical (unpaired) electrons. The van der Waals surface area contributed by atoms with Crippen molar-refractivity contribution in [3.8, 4) is 11.5 Å². The lowest BCUT2D eigenvalue weighted by Gasteiger charge is -2.26. The van der Waals surface area contributed by atoms with Crippen LogP contribution in [-0.2, 0) is 16.0 Å². The zero-order valence-corrected chi connectivity index (χ0v) is 21.8. The Morgan fingerprint density at radius 2 is 1.97 bits per heavy atom. The minimum absolute atomic E-state index is 0.0598. The number of amides is 3. The normalized spacial score (nSPS) is 17.7. The molecule has 3 rings (SSSR count). The number of benzene rings is 2. The Hall–Kier alpha value is -3.26. The minimum Gasteiger partial charge on any atom is -0.496 e. The predicted molar refractivity (Wildman–Crippen MR) is 139 cm³/mol. The van der Waals surface area contributed by atoms with Crippen molar-refractivity contribution in [3.05, 3.63) is 58.6 Å². The molecule has 0 fully saturated rings. The van der Waals surface area contributed by atoms with E-state index in [2.05, 4.69) is 10.6 Å². The average Bonchev–Trinajstić information content (AvgIpc) is 2.86. The Balaban J connectivity index is 1.78. The molecule has 9 heteroatoms. The van der Waals surface area contributed by atoms with Gasteiger partial charge in [0, 0.05) is 23.7 Å². The molecule has 1 aliphatic rings. The molecule has 0 saturated heterocycles. The Kier molecular flexibility index (Phi) is 9.99. The minimum atomic E-state index is -0.319. The highest BCUT2D eigenvalue weighted by Crippen LogP contribution is 2.24. The summed E-state index contributed by atoms with van der Waals surface area (Å²) >= 11 is 6.12. The van der Waals surface area contributed by atoms with E-state index in [1.165, 1.54) is 0 Å². The van der Waals surface area contributed by atoms with E-state index in [-0.39, 0.29) is 49.3 Å². The second-order valence-corrected chi connectivity index (χ2v) is 9.57. The van der Waals surface area contributed by atoms with Crippen molar-refractivity contribution < 1.29 is 23.9 Å². The molecule has 8 nitrogen and oxygen atoms in total. The number of rotatable bonds is 4. The number of fused-ring (bicyclic) bond motifs is 1. The lowest BCUT2D eigenvalue weighted by Crippen LogP contribution is -2.48. The third kappa shape index (κ3) is 7.62. The Morgan fingerprint density at radius 1 is 1.19 bits per heavy atom. The van der Waals surface area contributed by atoms with Gasteiger partial charge in [0.05, 0.1) is 31.7 Å². The van der Waals surface area contributed by atoms with E-state index in [1.807, 2.05) is 38.1 Å². The largest absolute Gasteiger partial charge is 0.496 e. The van der Waals surface area contributed by atoms with Crippen LogP contribution in [0.25, 0.3) is 0 Å². The molecule has 0 saturated carbocycles. The maximum absolute atomic E-state index is 13.2. The number of halogens is 1. The summed E-state index contributed by atoms with van der Waals surface area (Å²) in [5, 5.41) is 6.33. The monoisotopic (exact) mass is 515 g/mol. The first-order chi connectivity index (χ1) is 17.3. The number of ether oxygens (including phenoxy) is 2. The van der Waals surface area contributed by atoms with Crippen LogP contribution >= 0.6 is 11.6 Å². The molecule has 2 N–H and O–H groups in total. The number of hydrogen-bond donors (Lipinski definition) is 2. The highest BCUT2D eigenvalue weighted by Gasteiger charge is 2.24. The van der Waals surface area contributed by atoms with E-state index in [0.29, 0.717) is 48.0 Å². The molecule has 1 aliphatic heterocycles. The fourth-order valence-electron chi connectivity index (χ4n) is 3.95. The molecule has 2 aromatic rings. The van der Waals surface area contributed by atoms with Crippen molar-refractivity contribution in [1.82, 2.24) is 15.5 Å². The number of nitrogens with one attached hydrogen (secondary N) is 2. The van der Waals surface area contributed by atoms with Gasteiger partial charge in [-0.1, -0.05) is 43.6 Å². The number of carbonyl (C=O) groups excluding carboxylic acids is 3. The molecule has 3 amide bonds. The first-order valence-corrected chi connectivity index (χ1v) is 12.6. The number of para-hydroxylation sites is 1. The van der Waals surface area contributed by atoms with E-state index in [9.17, 15) is 14.4 Å². The van der Waals surface area contributed by atoms with Gasteiger partial charge in [-0.15, -0.1) is 0 Å². The number of hydrogen-bond acceptors (Lipinski definition) is 5. The molecule has 36 heavy (non-hydrogen) atoms. The molecule has 0 spiro atoms. The molecular weight excluding hydrogens is 482 g/mol. The quantitative estimate of drug-likeness (QED) is 0.650. The topological polar surface area (TPSA) is 97.0 Å². The highest BCUT2D eigenvalue weighted by molar-refractivity contribution is 6.31. The lowest BCUT2D eigenvalue weighted by atomic mass is 10.1. The van der Waals surface area contributed by atoms with E-state index in [4.69, 9.17) is 21.1 Å². The molecule has 0 aliphatic carbocycles. The van der Waals surface area contributed by atoms with Crippen molar-refractivity contribution in [3.63, 3.8) is 0 Å². The first kappa shape index (κ1) is 27.3. The van der Waals surface area contributed by atoms with Crippen molar-refractivity contribution in [2.45, 2.75) is 39.2 Å². The summed E-state index contributed by atoms with van der Waals surface area (Å²) in [6.07, 6.45) is 1.38. The molecule has 1 heterocycles. The first-order valence-electron chi connectivity index (χ1n) is 12.2. The Labute approximate surface area is 217 Å². The zero-order valence-electron chi connectivity index (χ0n) is 21.0. The Bertz CT molecular complexity index is 1080. The maximum Gasteiger partial charge on any atom is 0.255 e. The van der Waals surface area contributed by atoms with Gasteiger partial charge in [0.2, 0.25) is 11.8 Å². The number of carbonyl (C=O) groups is 3. The van der Waals surface area contributed by atoms with Crippen molar-refractivity contribution in [2.24, 2.45) is 5.92 Å². The summed E-state index contributed by atoms with van der Waals surface area (Å²) in [7, 11) is 1.57. The fraction of sp³-hybridized carbons (Fsp3) is 0.444. The van der Waals surface area contributed by atoms with Crippen LogP contribution in [0.2, 0.25) is 5.02 Å². The van der Waals surface area contributed by atoms with E-state index < -0.39 is 0 Å². The second-order valence-electron chi connectivity index (χ2n) is 9.14. The van der Waals surface area contributed by atoms with Gasteiger partial charge in [-0.3, -0.25) is 14.4 Å². The smallest absolute Gasteiger partial charge is 0.255 e. The molecule has 2 aromatic carbocycles. The summed E-state index contributed by atoms with van der Waals surface area (Å²) in [6.45, 7) is 4.87. The molecule has 0 aromatic heterocycles. The van der Waals surface area contributed by atoms with Gasteiger partial charge in [-0.25, -0.2) is 0 Å². The SMILES string of the molecule is COc1ccccc1CC(=O)N1CCCCNC(=O)c2cc(Cl)ccc2OC[C@H](C(C)C)NC(=O)C1. The van der Waals surface area contributed by atoms with Crippen molar-refractivity contribution in [1.29, 1.82) is 0 Å². The zero-order chi connectivity index (χ0) is 26.1. The average molecular weight is 516 g/mol. The van der Waals surface area contributed by atoms with Gasteiger partial charge in [-0.2, -0.15) is 0 Å². The second kappa shape index (κ2) is 13.2. The summed E-state index contributed by atoms with van der Waals surface area (Å²) in [5.74, 6) is 0.394. The third-order valence-corrected chi connectivity index (χ3v) is 6.35. The molecule has 1 atom stereocenters. The van der Waals surface area contributed by atoms with Crippen LogP contribution in [0.3, 0.4) is 0 Å². The van der Waals surface area contributed by atoms with Crippen molar-refractivity contribution in [2.75, 3.05) is 33.4 Å². The van der Waals surface area contributed by atoms with Crippen molar-refractivity contribution >= 4 is 29.3 Å². The van der Waals surface area contributed by atoms with Gasteiger partial charge in [-0.05, 0) is 43.0 Å². The number of methoxy groups -OCH3 is 1. The molecule has 0 unspecified atom stereocenters. The van der Waals surface area contributed by atoms with Gasteiger partial charge < -0.3 is 25.0 Å². The number of nitrogens with zero attached hydrogens (tertiary/aromatic N) is 1. The van der Waals surface area contributed by atoms with Crippen LogP contribution < -0.4 is 20.1 Å². The fourth-order valence-corrected chi connectivity index (χ4v) is 4.12. The van der Waals surface area contributed by atoms with E-state index >= 15 is 0 Å². The molecular formula is C27H34ClN3O5. The summed E-state index contributed by atoms with van der Waals surface area (Å²) in [5.41, 5.74) is 1.11. The van der Waals surface area contributed by atoms with E-state index in [1.54, 1.807) is 30.2 Å². The van der Waals surface area contributed by atoms with Gasteiger partial charge in [0.25, 0.3) is 5.91 Å². The van der Waals surface area contributed by atoms with Crippen LogP contribution in [0.1, 0.15) is 42.6 Å². The molecule has 194 valence electrons. The summed E-state index contributed by atoms with van der Waals surface area (Å²) in [4.78, 5) is 40.6. The van der Waals surface area contributed by atoms with E-state index in [0.717, 1.165) is 5.56 Å². The lowest BCUT2D eigenvalue weighted by molar-refractivity contribution is -0.136. The third-order valence-electron chi connectivity index (χ3n) is 6.12. The van der Waals surface area contributed by atoms with Gasteiger partial charge in [0.1, 0.15) is 18.1 Å². The predicted octanol–water partition coefficient (Wildman–Crippen LogP) is 3.46. The van der Waals surface area contributed by atoms with Crippen LogP contribution in [-0.4, -0.2) is 62.0 Å². The maximum atomic E-state index is 13.2. The Morgan fingerprint density at radius 3 is 2.72 bits per heavy atom. The molecule has 0 bridgehead atoms. The van der Waals surface area contributed by atoms with Gasteiger partial charge in [0.15, 0.2) is 0 Å². The van der Waals surface area contributed by atoms with Crippen LogP contribution in [0.4, 0.5) is 0 Å². The summed E-state index contributed by atoms with van der Waals surface area (Å²) < 4.78 is 11.3.